The van der Waals surface area contributed by atoms with Crippen molar-refractivity contribution >= 4 is 11.9 Å². The Morgan fingerprint density at radius 2 is 1.12 bits per heavy atom. The SMILES string of the molecule is COC(=O)COc1ccc(C(N)c2ccc(OCC(=O)OC)cc2)cc1. The third-order valence-corrected chi connectivity index (χ3v) is 3.65. The lowest BCUT2D eigenvalue weighted by Crippen LogP contribution is -2.14. The molecule has 138 valence electrons. The molecule has 2 aromatic carbocycles. The van der Waals surface area contributed by atoms with Gasteiger partial charge in [-0.25, -0.2) is 9.59 Å². The number of hydrogen-bond acceptors (Lipinski definition) is 7. The van der Waals surface area contributed by atoms with Crippen molar-refractivity contribution < 1.29 is 28.5 Å². The van der Waals surface area contributed by atoms with E-state index in [4.69, 9.17) is 15.2 Å². The van der Waals surface area contributed by atoms with Gasteiger partial charge in [-0.2, -0.15) is 0 Å². The molecule has 0 bridgehead atoms. The lowest BCUT2D eigenvalue weighted by Gasteiger charge is -2.14. The van der Waals surface area contributed by atoms with Crippen molar-refractivity contribution in [1.29, 1.82) is 0 Å². The second kappa shape index (κ2) is 9.43. The minimum absolute atomic E-state index is 0.144. The molecule has 2 N–H and O–H groups in total. The molecule has 7 heteroatoms. The molecule has 0 unspecified atom stereocenters. The molecule has 2 rings (SSSR count). The molecule has 26 heavy (non-hydrogen) atoms. The lowest BCUT2D eigenvalue weighted by molar-refractivity contribution is -0.143. The van der Waals surface area contributed by atoms with Crippen LogP contribution in [0.2, 0.25) is 0 Å². The number of nitrogens with two attached hydrogens (primary N) is 1. The van der Waals surface area contributed by atoms with E-state index in [1.54, 1.807) is 24.3 Å². The number of rotatable bonds is 8. The Balaban J connectivity index is 1.96. The average Bonchev–Trinajstić information content (AvgIpc) is 2.70. The van der Waals surface area contributed by atoms with Crippen molar-refractivity contribution in [3.8, 4) is 11.5 Å². The van der Waals surface area contributed by atoms with Gasteiger partial charge in [0.05, 0.1) is 20.3 Å². The predicted molar refractivity (Wildman–Crippen MR) is 93.9 cm³/mol. The van der Waals surface area contributed by atoms with Gasteiger partial charge in [-0.05, 0) is 35.4 Å². The van der Waals surface area contributed by atoms with Crippen LogP contribution in [0.25, 0.3) is 0 Å². The lowest BCUT2D eigenvalue weighted by atomic mass is 9.99. The highest BCUT2D eigenvalue weighted by atomic mass is 16.6. The van der Waals surface area contributed by atoms with E-state index in [-0.39, 0.29) is 19.3 Å². The third kappa shape index (κ3) is 5.49. The number of esters is 2. The highest BCUT2D eigenvalue weighted by molar-refractivity contribution is 5.71. The quantitative estimate of drug-likeness (QED) is 0.718. The molecule has 0 saturated heterocycles. The summed E-state index contributed by atoms with van der Waals surface area (Å²) in [6, 6.07) is 14.0. The van der Waals surface area contributed by atoms with Crippen LogP contribution in [0.5, 0.6) is 11.5 Å². The van der Waals surface area contributed by atoms with Crippen LogP contribution in [0.4, 0.5) is 0 Å². The molecule has 0 aliphatic carbocycles. The van der Waals surface area contributed by atoms with Crippen molar-refractivity contribution in [2.24, 2.45) is 5.73 Å². The number of methoxy groups -OCH3 is 2. The highest BCUT2D eigenvalue weighted by Crippen LogP contribution is 2.24. The van der Waals surface area contributed by atoms with Gasteiger partial charge in [-0.1, -0.05) is 24.3 Å². The summed E-state index contributed by atoms with van der Waals surface area (Å²) in [5.41, 5.74) is 8.05. The molecule has 0 radical (unpaired) electrons. The molecule has 0 aromatic heterocycles. The molecule has 0 saturated carbocycles. The summed E-state index contributed by atoms with van der Waals surface area (Å²) < 4.78 is 19.6. The third-order valence-electron chi connectivity index (χ3n) is 3.65. The van der Waals surface area contributed by atoms with Gasteiger partial charge in [-0.15, -0.1) is 0 Å². The zero-order chi connectivity index (χ0) is 18.9. The Hall–Kier alpha value is -3.06. The number of ether oxygens (including phenoxy) is 4. The summed E-state index contributed by atoms with van der Waals surface area (Å²) in [6.45, 7) is -0.288. The minimum atomic E-state index is -0.444. The maximum atomic E-state index is 11.1. The second-order valence-corrected chi connectivity index (χ2v) is 5.35. The molecule has 0 aliphatic rings. The first kappa shape index (κ1) is 19.3. The van der Waals surface area contributed by atoms with Gasteiger partial charge in [0.25, 0.3) is 0 Å². The first-order chi connectivity index (χ1) is 12.5. The van der Waals surface area contributed by atoms with Crippen molar-refractivity contribution in [1.82, 2.24) is 0 Å². The van der Waals surface area contributed by atoms with Crippen LogP contribution >= 0.6 is 0 Å². The van der Waals surface area contributed by atoms with Gasteiger partial charge < -0.3 is 24.7 Å². The molecule has 0 amide bonds. The van der Waals surface area contributed by atoms with Crippen LogP contribution in [-0.4, -0.2) is 39.4 Å². The summed E-state index contributed by atoms with van der Waals surface area (Å²) in [7, 11) is 2.61. The number of benzene rings is 2. The van der Waals surface area contributed by atoms with Crippen molar-refractivity contribution in [3.05, 3.63) is 59.7 Å². The largest absolute Gasteiger partial charge is 0.482 e. The molecular weight excluding hydrogens is 338 g/mol. The molecule has 0 spiro atoms. The van der Waals surface area contributed by atoms with E-state index in [1.165, 1.54) is 14.2 Å². The van der Waals surface area contributed by atoms with E-state index >= 15 is 0 Å². The maximum absolute atomic E-state index is 11.1. The summed E-state index contributed by atoms with van der Waals surface area (Å²) in [4.78, 5) is 22.1. The maximum Gasteiger partial charge on any atom is 0.343 e. The number of hydrogen-bond donors (Lipinski definition) is 1. The predicted octanol–water partition coefficient (Wildman–Crippen LogP) is 1.84. The fraction of sp³-hybridized carbons (Fsp3) is 0.263. The second-order valence-electron chi connectivity index (χ2n) is 5.35. The zero-order valence-electron chi connectivity index (χ0n) is 14.6. The molecule has 7 nitrogen and oxygen atoms in total. The highest BCUT2D eigenvalue weighted by Gasteiger charge is 2.10. The summed E-state index contributed by atoms with van der Waals surface area (Å²) in [6.07, 6.45) is 0. The van der Waals surface area contributed by atoms with E-state index in [2.05, 4.69) is 9.47 Å². The Morgan fingerprint density at radius 3 is 1.42 bits per heavy atom. The Bertz CT molecular complexity index is 663. The van der Waals surface area contributed by atoms with Crippen LogP contribution < -0.4 is 15.2 Å². The minimum Gasteiger partial charge on any atom is -0.482 e. The monoisotopic (exact) mass is 359 g/mol. The van der Waals surface area contributed by atoms with Crippen LogP contribution in [0.1, 0.15) is 17.2 Å². The van der Waals surface area contributed by atoms with Gasteiger partial charge in [0.1, 0.15) is 11.5 Å². The molecular formula is C19H21NO6. The van der Waals surface area contributed by atoms with Gasteiger partial charge >= 0.3 is 11.9 Å². The molecule has 0 heterocycles. The van der Waals surface area contributed by atoms with E-state index in [0.29, 0.717) is 11.5 Å². The number of carbonyl (C=O) groups excluding carboxylic acids is 2. The average molecular weight is 359 g/mol. The van der Waals surface area contributed by atoms with Crippen LogP contribution in [-0.2, 0) is 19.1 Å². The Morgan fingerprint density at radius 1 is 0.769 bits per heavy atom. The fourth-order valence-electron chi connectivity index (χ4n) is 2.14. The van der Waals surface area contributed by atoms with Crippen LogP contribution in [0.3, 0.4) is 0 Å². The van der Waals surface area contributed by atoms with Gasteiger partial charge in [0, 0.05) is 0 Å². The topological polar surface area (TPSA) is 97.1 Å². The molecule has 0 aliphatic heterocycles. The first-order valence-corrected chi connectivity index (χ1v) is 7.88. The fourth-order valence-corrected chi connectivity index (χ4v) is 2.14. The van der Waals surface area contributed by atoms with Crippen LogP contribution in [0, 0.1) is 0 Å². The van der Waals surface area contributed by atoms with Crippen LogP contribution in [0.15, 0.2) is 48.5 Å². The van der Waals surface area contributed by atoms with E-state index < -0.39 is 11.9 Å². The normalized spacial score (nSPS) is 10.3. The molecule has 0 fully saturated rings. The van der Waals surface area contributed by atoms with Gasteiger partial charge in [-0.3, -0.25) is 0 Å². The van der Waals surface area contributed by atoms with Gasteiger partial charge in [0.2, 0.25) is 0 Å². The molecule has 2 aromatic rings. The van der Waals surface area contributed by atoms with Crippen molar-refractivity contribution in [2.45, 2.75) is 6.04 Å². The van der Waals surface area contributed by atoms with Crippen molar-refractivity contribution in [2.75, 3.05) is 27.4 Å². The summed E-state index contributed by atoms with van der Waals surface area (Å²) in [5.74, 6) is 0.219. The van der Waals surface area contributed by atoms with Crippen molar-refractivity contribution in [3.63, 3.8) is 0 Å². The molecule has 0 atom stereocenters. The summed E-state index contributed by atoms with van der Waals surface area (Å²) in [5, 5.41) is 0. The first-order valence-electron chi connectivity index (χ1n) is 7.88. The zero-order valence-corrected chi connectivity index (χ0v) is 14.6. The summed E-state index contributed by atoms with van der Waals surface area (Å²) >= 11 is 0. The standard InChI is InChI=1S/C19H21NO6/c1-23-17(21)11-25-15-7-3-13(4-8-15)19(20)14-5-9-16(10-6-14)26-12-18(22)24-2/h3-10,19H,11-12,20H2,1-2H3. The Labute approximate surface area is 151 Å². The smallest absolute Gasteiger partial charge is 0.343 e. The van der Waals surface area contributed by atoms with E-state index in [9.17, 15) is 9.59 Å². The van der Waals surface area contributed by atoms with E-state index in [1.807, 2.05) is 24.3 Å². The number of carbonyl (C=O) groups is 2. The Kier molecular flexibility index (Phi) is 6.99. The van der Waals surface area contributed by atoms with E-state index in [0.717, 1.165) is 11.1 Å². The van der Waals surface area contributed by atoms with Gasteiger partial charge in [0.15, 0.2) is 13.2 Å².